The highest BCUT2D eigenvalue weighted by atomic mass is 35.5. The van der Waals surface area contributed by atoms with Gasteiger partial charge in [0.25, 0.3) is 11.6 Å². The number of carbonyl (C=O) groups excluding carboxylic acids is 1. The molecule has 6 nitrogen and oxygen atoms in total. The van der Waals surface area contributed by atoms with Crippen molar-refractivity contribution in [2.45, 2.75) is 6.92 Å². The Morgan fingerprint density at radius 3 is 2.72 bits per heavy atom. The lowest BCUT2D eigenvalue weighted by Crippen LogP contribution is -2.12. The summed E-state index contributed by atoms with van der Waals surface area (Å²) >= 11 is 7.27. The minimum atomic E-state index is -0.567. The van der Waals surface area contributed by atoms with E-state index < -0.39 is 10.8 Å². The highest BCUT2D eigenvalue weighted by Gasteiger charge is 2.16. The number of nitrogens with one attached hydrogen (secondary N) is 1. The smallest absolute Gasteiger partial charge is 0.270 e. The fourth-order valence-corrected chi connectivity index (χ4v) is 3.25. The minimum Gasteiger partial charge on any atom is -0.298 e. The van der Waals surface area contributed by atoms with Crippen molar-refractivity contribution in [3.63, 3.8) is 0 Å². The summed E-state index contributed by atoms with van der Waals surface area (Å²) in [6.45, 7) is 1.99. The maximum absolute atomic E-state index is 12.3. The maximum Gasteiger partial charge on any atom is 0.270 e. The van der Waals surface area contributed by atoms with E-state index >= 15 is 0 Å². The van der Waals surface area contributed by atoms with Gasteiger partial charge in [-0.2, -0.15) is 0 Å². The molecule has 0 aliphatic rings. The summed E-state index contributed by atoms with van der Waals surface area (Å²) in [5.74, 6) is -0.467. The number of rotatable bonds is 4. The Kier molecular flexibility index (Phi) is 4.78. The first-order valence-corrected chi connectivity index (χ1v) is 8.48. The van der Waals surface area contributed by atoms with Crippen LogP contribution in [0.3, 0.4) is 0 Å². The Morgan fingerprint density at radius 1 is 1.28 bits per heavy atom. The van der Waals surface area contributed by atoms with Gasteiger partial charge in [0.15, 0.2) is 5.13 Å². The van der Waals surface area contributed by atoms with Crippen LogP contribution in [0.15, 0.2) is 47.8 Å². The molecule has 0 fully saturated rings. The normalized spacial score (nSPS) is 10.5. The lowest BCUT2D eigenvalue weighted by Gasteiger charge is -2.04. The Bertz CT molecular complexity index is 971. The van der Waals surface area contributed by atoms with Crippen molar-refractivity contribution in [1.82, 2.24) is 4.98 Å². The topological polar surface area (TPSA) is 85.1 Å². The van der Waals surface area contributed by atoms with Gasteiger partial charge in [-0.25, -0.2) is 4.98 Å². The third-order valence-corrected chi connectivity index (χ3v) is 4.62. The van der Waals surface area contributed by atoms with Crippen LogP contribution in [-0.4, -0.2) is 15.8 Å². The highest BCUT2D eigenvalue weighted by Crippen LogP contribution is 2.28. The molecule has 1 aromatic heterocycles. The van der Waals surface area contributed by atoms with Crippen molar-refractivity contribution in [3.05, 3.63) is 74.1 Å². The Labute approximate surface area is 152 Å². The molecule has 0 aliphatic heterocycles. The van der Waals surface area contributed by atoms with Crippen molar-refractivity contribution in [3.8, 4) is 11.3 Å². The fourth-order valence-electron chi connectivity index (χ4n) is 2.28. The van der Waals surface area contributed by atoms with E-state index in [0.29, 0.717) is 5.13 Å². The van der Waals surface area contributed by atoms with Crippen LogP contribution in [0.4, 0.5) is 10.8 Å². The largest absolute Gasteiger partial charge is 0.298 e. The molecule has 126 valence electrons. The third kappa shape index (κ3) is 3.67. The zero-order chi connectivity index (χ0) is 18.0. The zero-order valence-electron chi connectivity index (χ0n) is 13.0. The van der Waals surface area contributed by atoms with Gasteiger partial charge < -0.3 is 0 Å². The van der Waals surface area contributed by atoms with E-state index in [1.165, 1.54) is 23.5 Å². The van der Waals surface area contributed by atoms with Gasteiger partial charge in [-0.05, 0) is 18.6 Å². The first-order valence-electron chi connectivity index (χ1n) is 7.22. The average molecular weight is 374 g/mol. The highest BCUT2D eigenvalue weighted by molar-refractivity contribution is 7.14. The molecule has 2 aromatic carbocycles. The van der Waals surface area contributed by atoms with Crippen LogP contribution in [0.2, 0.25) is 5.02 Å². The summed E-state index contributed by atoms with van der Waals surface area (Å²) in [5.41, 5.74) is 2.84. The van der Waals surface area contributed by atoms with Gasteiger partial charge in [0.2, 0.25) is 0 Å². The molecule has 0 aliphatic carbocycles. The van der Waals surface area contributed by atoms with Crippen molar-refractivity contribution in [1.29, 1.82) is 0 Å². The summed E-state index contributed by atoms with van der Waals surface area (Å²) in [5, 5.41) is 15.7. The second-order valence-electron chi connectivity index (χ2n) is 5.23. The number of nitro benzene ring substituents is 1. The first-order chi connectivity index (χ1) is 12.0. The van der Waals surface area contributed by atoms with Crippen molar-refractivity contribution < 1.29 is 9.72 Å². The molecule has 1 N–H and O–H groups in total. The summed E-state index contributed by atoms with van der Waals surface area (Å²) in [7, 11) is 0. The number of hydrogen-bond donors (Lipinski definition) is 1. The van der Waals surface area contributed by atoms with Crippen LogP contribution in [0, 0.1) is 17.0 Å². The summed E-state index contributed by atoms with van der Waals surface area (Å²) in [4.78, 5) is 26.9. The Morgan fingerprint density at radius 2 is 2.04 bits per heavy atom. The van der Waals surface area contributed by atoms with Gasteiger partial charge in [-0.1, -0.05) is 35.9 Å². The number of non-ortho nitro benzene ring substituents is 1. The van der Waals surface area contributed by atoms with E-state index in [0.717, 1.165) is 22.9 Å². The third-order valence-electron chi connectivity index (χ3n) is 3.55. The maximum atomic E-state index is 12.3. The molecule has 3 aromatic rings. The molecule has 0 unspecified atom stereocenters. The monoisotopic (exact) mass is 373 g/mol. The second-order valence-corrected chi connectivity index (χ2v) is 6.49. The molecule has 1 heterocycles. The van der Waals surface area contributed by atoms with Crippen LogP contribution in [0.25, 0.3) is 11.3 Å². The van der Waals surface area contributed by atoms with Crippen LogP contribution < -0.4 is 5.32 Å². The van der Waals surface area contributed by atoms with Gasteiger partial charge in [0.05, 0.1) is 21.2 Å². The molecule has 0 saturated carbocycles. The number of benzene rings is 2. The lowest BCUT2D eigenvalue weighted by atomic mass is 10.1. The van der Waals surface area contributed by atoms with Gasteiger partial charge >= 0.3 is 0 Å². The number of amides is 1. The second kappa shape index (κ2) is 7.00. The number of anilines is 1. The molecule has 0 radical (unpaired) electrons. The molecule has 8 heteroatoms. The van der Waals surface area contributed by atoms with Crippen molar-refractivity contribution in [2.75, 3.05) is 5.32 Å². The standard InChI is InChI=1S/C17H12ClN3O3S/c1-10-4-2-3-5-12(10)15-9-25-17(19-15)20-16(22)13-7-6-11(21(23)24)8-14(13)18/h2-9H,1H3,(H,19,20,22). The quantitative estimate of drug-likeness (QED) is 0.518. The van der Waals surface area contributed by atoms with E-state index in [-0.39, 0.29) is 16.3 Å². The molecule has 0 atom stereocenters. The molecular weight excluding hydrogens is 362 g/mol. The molecule has 3 rings (SSSR count). The van der Waals surface area contributed by atoms with Gasteiger partial charge in [0.1, 0.15) is 0 Å². The van der Waals surface area contributed by atoms with E-state index in [1.54, 1.807) is 0 Å². The van der Waals surface area contributed by atoms with Gasteiger partial charge in [-0.15, -0.1) is 11.3 Å². The Hall–Kier alpha value is -2.77. The summed E-state index contributed by atoms with van der Waals surface area (Å²) in [6, 6.07) is 11.5. The number of carbonyl (C=O) groups is 1. The molecule has 0 bridgehead atoms. The van der Waals surface area contributed by atoms with Gasteiger partial charge in [-0.3, -0.25) is 20.2 Å². The van der Waals surface area contributed by atoms with Crippen LogP contribution in [-0.2, 0) is 0 Å². The van der Waals surface area contributed by atoms with Crippen molar-refractivity contribution >= 4 is 39.7 Å². The van der Waals surface area contributed by atoms with Crippen LogP contribution in [0.1, 0.15) is 15.9 Å². The Balaban J connectivity index is 1.81. The SMILES string of the molecule is Cc1ccccc1-c1csc(NC(=O)c2ccc([N+](=O)[O-])cc2Cl)n1. The molecule has 1 amide bonds. The van der Waals surface area contributed by atoms with Crippen molar-refractivity contribution in [2.24, 2.45) is 0 Å². The van der Waals surface area contributed by atoms with E-state index in [9.17, 15) is 14.9 Å². The number of aryl methyl sites for hydroxylation is 1. The number of halogens is 1. The molecule has 25 heavy (non-hydrogen) atoms. The lowest BCUT2D eigenvalue weighted by molar-refractivity contribution is -0.384. The van der Waals surface area contributed by atoms with Crippen LogP contribution in [0.5, 0.6) is 0 Å². The predicted octanol–water partition coefficient (Wildman–Crippen LogP) is 4.93. The number of nitrogens with zero attached hydrogens (tertiary/aromatic N) is 2. The molecule has 0 saturated heterocycles. The number of nitro groups is 1. The summed E-state index contributed by atoms with van der Waals surface area (Å²) in [6.07, 6.45) is 0. The van der Waals surface area contributed by atoms with Gasteiger partial charge in [0, 0.05) is 23.1 Å². The van der Waals surface area contributed by atoms with E-state index in [1.807, 2.05) is 36.6 Å². The number of hydrogen-bond acceptors (Lipinski definition) is 5. The van der Waals surface area contributed by atoms with Crippen LogP contribution >= 0.6 is 22.9 Å². The predicted molar refractivity (Wildman–Crippen MR) is 98.3 cm³/mol. The average Bonchev–Trinajstić information content (AvgIpc) is 3.03. The molecular formula is C17H12ClN3O3S. The first kappa shape index (κ1) is 17.1. The number of aromatic nitrogens is 1. The minimum absolute atomic E-state index is 0.0161. The fraction of sp³-hybridized carbons (Fsp3) is 0.0588. The van der Waals surface area contributed by atoms with E-state index in [2.05, 4.69) is 10.3 Å². The molecule has 0 spiro atoms. The van der Waals surface area contributed by atoms with E-state index in [4.69, 9.17) is 11.6 Å². The zero-order valence-corrected chi connectivity index (χ0v) is 14.6. The number of thiazole rings is 1. The summed E-state index contributed by atoms with van der Waals surface area (Å²) < 4.78 is 0.